The molecule has 0 rings (SSSR count). The molecule has 0 bridgehead atoms. The summed E-state index contributed by atoms with van der Waals surface area (Å²) in [5.74, 6) is 0. The topological polar surface area (TPSA) is 83.6 Å². The number of nitrogens with one attached hydrogen (secondary N) is 1. The van der Waals surface area contributed by atoms with Gasteiger partial charge in [0.2, 0.25) is 20.0 Å². The van der Waals surface area contributed by atoms with E-state index < -0.39 is 36.4 Å². The van der Waals surface area contributed by atoms with E-state index in [2.05, 4.69) is 4.72 Å². The first-order chi connectivity index (χ1) is 9.03. The van der Waals surface area contributed by atoms with Gasteiger partial charge in [0.1, 0.15) is 0 Å². The Morgan fingerprint density at radius 3 is 1.76 bits per heavy atom. The van der Waals surface area contributed by atoms with Gasteiger partial charge in [-0.2, -0.15) is 4.31 Å². The second-order valence-corrected chi connectivity index (χ2v) is 11.1. The fourth-order valence-corrected chi connectivity index (χ4v) is 5.18. The van der Waals surface area contributed by atoms with Gasteiger partial charge in [0.15, 0.2) is 0 Å². The van der Waals surface area contributed by atoms with Crippen LogP contribution >= 0.6 is 0 Å². The molecule has 0 amide bonds. The summed E-state index contributed by atoms with van der Waals surface area (Å²) in [5, 5.41) is -0.643. The molecule has 0 aromatic heterocycles. The third-order valence-corrected chi connectivity index (χ3v) is 7.18. The van der Waals surface area contributed by atoms with E-state index in [1.54, 1.807) is 41.5 Å². The van der Waals surface area contributed by atoms with E-state index in [0.29, 0.717) is 6.42 Å². The van der Waals surface area contributed by atoms with Crippen LogP contribution in [0.5, 0.6) is 0 Å². The summed E-state index contributed by atoms with van der Waals surface area (Å²) in [6.45, 7) is 10.6. The maximum atomic E-state index is 12.4. The Morgan fingerprint density at radius 2 is 1.48 bits per heavy atom. The summed E-state index contributed by atoms with van der Waals surface area (Å²) < 4.78 is 52.2. The van der Waals surface area contributed by atoms with Gasteiger partial charge in [-0.1, -0.05) is 6.92 Å². The standard InChI is InChI=1S/C13H30N2O4S2/c1-9-11(21(18,19)14-12(2,3)4)10-13(5,6)15(7)20(8,16)17/h11,14H,9-10H2,1-8H3. The highest BCUT2D eigenvalue weighted by atomic mass is 32.2. The van der Waals surface area contributed by atoms with E-state index in [4.69, 9.17) is 0 Å². The van der Waals surface area contributed by atoms with Gasteiger partial charge in [-0.3, -0.25) is 0 Å². The van der Waals surface area contributed by atoms with Crippen molar-refractivity contribution in [1.82, 2.24) is 9.03 Å². The first-order valence-corrected chi connectivity index (χ1v) is 10.4. The number of hydrogen-bond acceptors (Lipinski definition) is 4. The highest BCUT2D eigenvalue weighted by Crippen LogP contribution is 2.26. The molecular weight excluding hydrogens is 312 g/mol. The van der Waals surface area contributed by atoms with Crippen LogP contribution in [0.1, 0.15) is 54.4 Å². The highest BCUT2D eigenvalue weighted by Gasteiger charge is 2.37. The third-order valence-electron chi connectivity index (χ3n) is 3.42. The van der Waals surface area contributed by atoms with Crippen molar-refractivity contribution in [2.45, 2.75) is 70.7 Å². The van der Waals surface area contributed by atoms with Gasteiger partial charge in [0, 0.05) is 18.1 Å². The lowest BCUT2D eigenvalue weighted by Crippen LogP contribution is -2.51. The zero-order valence-corrected chi connectivity index (χ0v) is 16.0. The monoisotopic (exact) mass is 342 g/mol. The summed E-state index contributed by atoms with van der Waals surface area (Å²) in [6, 6.07) is 0. The van der Waals surface area contributed by atoms with Crippen molar-refractivity contribution in [1.29, 1.82) is 0 Å². The Bertz CT molecular complexity index is 545. The Labute approximate surface area is 130 Å². The van der Waals surface area contributed by atoms with Crippen molar-refractivity contribution in [3.8, 4) is 0 Å². The quantitative estimate of drug-likeness (QED) is 0.761. The molecule has 0 radical (unpaired) electrons. The fraction of sp³-hybridized carbons (Fsp3) is 1.00. The minimum absolute atomic E-state index is 0.235. The molecule has 0 fully saturated rings. The van der Waals surface area contributed by atoms with Crippen LogP contribution in [0.15, 0.2) is 0 Å². The molecule has 0 aromatic rings. The molecule has 21 heavy (non-hydrogen) atoms. The lowest BCUT2D eigenvalue weighted by atomic mass is 9.97. The summed E-state index contributed by atoms with van der Waals surface area (Å²) in [4.78, 5) is 0. The molecule has 0 aromatic carbocycles. The van der Waals surface area contributed by atoms with E-state index in [1.165, 1.54) is 11.4 Å². The summed E-state index contributed by atoms with van der Waals surface area (Å²) in [5.41, 5.74) is -1.33. The molecule has 8 heteroatoms. The van der Waals surface area contributed by atoms with Crippen molar-refractivity contribution >= 4 is 20.0 Å². The van der Waals surface area contributed by atoms with E-state index in [0.717, 1.165) is 6.26 Å². The second kappa shape index (κ2) is 6.52. The zero-order valence-electron chi connectivity index (χ0n) is 14.4. The second-order valence-electron chi connectivity index (χ2n) is 7.17. The molecule has 0 aliphatic heterocycles. The van der Waals surface area contributed by atoms with Crippen molar-refractivity contribution in [2.24, 2.45) is 0 Å². The van der Waals surface area contributed by atoms with Crippen LogP contribution in [-0.4, -0.2) is 50.8 Å². The van der Waals surface area contributed by atoms with E-state index >= 15 is 0 Å². The predicted octanol–water partition coefficient (Wildman–Crippen LogP) is 1.54. The fourth-order valence-electron chi connectivity index (χ4n) is 2.12. The van der Waals surface area contributed by atoms with Crippen molar-refractivity contribution in [2.75, 3.05) is 13.3 Å². The molecule has 0 saturated carbocycles. The van der Waals surface area contributed by atoms with E-state index in [9.17, 15) is 16.8 Å². The van der Waals surface area contributed by atoms with Crippen molar-refractivity contribution < 1.29 is 16.8 Å². The van der Waals surface area contributed by atoms with Crippen LogP contribution in [0.4, 0.5) is 0 Å². The van der Waals surface area contributed by atoms with Gasteiger partial charge in [-0.05, 0) is 47.5 Å². The predicted molar refractivity (Wildman–Crippen MR) is 87.2 cm³/mol. The minimum Gasteiger partial charge on any atom is -0.212 e. The molecule has 1 atom stereocenters. The number of rotatable bonds is 7. The van der Waals surface area contributed by atoms with Gasteiger partial charge < -0.3 is 0 Å². The van der Waals surface area contributed by atoms with Gasteiger partial charge in [-0.25, -0.2) is 21.6 Å². The first kappa shape index (κ1) is 20.8. The Morgan fingerprint density at radius 1 is 1.05 bits per heavy atom. The number of sulfonamides is 2. The SMILES string of the molecule is CCC(CC(C)(C)N(C)S(C)(=O)=O)S(=O)(=O)NC(C)(C)C. The average molecular weight is 343 g/mol. The average Bonchev–Trinajstić information content (AvgIpc) is 2.19. The third kappa shape index (κ3) is 6.63. The molecule has 0 aliphatic carbocycles. The first-order valence-electron chi connectivity index (χ1n) is 7.00. The molecule has 0 spiro atoms. The van der Waals surface area contributed by atoms with Crippen LogP contribution < -0.4 is 4.72 Å². The van der Waals surface area contributed by atoms with E-state index in [1.807, 2.05) is 0 Å². The van der Waals surface area contributed by atoms with Crippen molar-refractivity contribution in [3.05, 3.63) is 0 Å². The van der Waals surface area contributed by atoms with E-state index in [-0.39, 0.29) is 6.42 Å². The van der Waals surface area contributed by atoms with Gasteiger partial charge in [0.05, 0.1) is 11.5 Å². The number of nitrogens with zero attached hydrogens (tertiary/aromatic N) is 1. The number of hydrogen-bond donors (Lipinski definition) is 1. The van der Waals surface area contributed by atoms with Crippen molar-refractivity contribution in [3.63, 3.8) is 0 Å². The van der Waals surface area contributed by atoms with Gasteiger partial charge in [-0.15, -0.1) is 0 Å². The molecular formula is C13H30N2O4S2. The van der Waals surface area contributed by atoms with Crippen LogP contribution in [0.3, 0.4) is 0 Å². The maximum Gasteiger partial charge on any atom is 0.215 e. The lowest BCUT2D eigenvalue weighted by Gasteiger charge is -2.37. The van der Waals surface area contributed by atoms with Gasteiger partial charge >= 0.3 is 0 Å². The highest BCUT2D eigenvalue weighted by molar-refractivity contribution is 7.90. The Kier molecular flexibility index (Phi) is 6.46. The van der Waals surface area contributed by atoms with Crippen LogP contribution in [0.2, 0.25) is 0 Å². The van der Waals surface area contributed by atoms with Gasteiger partial charge in [0.25, 0.3) is 0 Å². The molecule has 1 N–H and O–H groups in total. The molecule has 0 heterocycles. The Balaban J connectivity index is 5.35. The molecule has 0 saturated heterocycles. The largest absolute Gasteiger partial charge is 0.215 e. The molecule has 128 valence electrons. The van der Waals surface area contributed by atoms with Crippen LogP contribution in [-0.2, 0) is 20.0 Å². The lowest BCUT2D eigenvalue weighted by molar-refractivity contribution is 0.244. The normalized spacial score (nSPS) is 16.2. The zero-order chi connectivity index (χ0) is 17.3. The maximum absolute atomic E-state index is 12.4. The molecule has 6 nitrogen and oxygen atoms in total. The molecule has 0 aliphatic rings. The van der Waals surface area contributed by atoms with Crippen LogP contribution in [0.25, 0.3) is 0 Å². The summed E-state index contributed by atoms with van der Waals surface area (Å²) in [6.07, 6.45) is 1.78. The molecule has 1 unspecified atom stereocenters. The smallest absolute Gasteiger partial charge is 0.212 e. The van der Waals surface area contributed by atoms with Crippen LogP contribution in [0, 0.1) is 0 Å². The summed E-state index contributed by atoms with van der Waals surface area (Å²) >= 11 is 0. The Hall–Kier alpha value is -0.180. The summed E-state index contributed by atoms with van der Waals surface area (Å²) in [7, 11) is -5.41. The minimum atomic E-state index is -3.51.